The summed E-state index contributed by atoms with van der Waals surface area (Å²) in [6.07, 6.45) is 4.14. The first-order chi connectivity index (χ1) is 16.9. The van der Waals surface area contributed by atoms with Crippen LogP contribution in [0.3, 0.4) is 0 Å². The van der Waals surface area contributed by atoms with Gasteiger partial charge < -0.3 is 19.5 Å². The van der Waals surface area contributed by atoms with Crippen molar-refractivity contribution in [3.05, 3.63) is 58.7 Å². The minimum atomic E-state index is -1.04. The zero-order valence-corrected chi connectivity index (χ0v) is 18.9. The maximum atomic E-state index is 12.9. The molecule has 3 heterocycles. The number of phenols is 1. The van der Waals surface area contributed by atoms with E-state index in [0.29, 0.717) is 30.8 Å². The number of aromatic hydroxyl groups is 1. The molecule has 2 aromatic carbocycles. The first-order valence-electron chi connectivity index (χ1n) is 13.5. The van der Waals surface area contributed by atoms with Crippen LogP contribution in [0.4, 0.5) is 0 Å². The van der Waals surface area contributed by atoms with Crippen molar-refractivity contribution >= 4 is 10.9 Å². The third-order valence-electron chi connectivity index (χ3n) is 9.49. The van der Waals surface area contributed by atoms with Gasteiger partial charge >= 0.3 is 0 Å². The molecule has 1 saturated heterocycles. The fraction of sp³-hybridized carbons (Fsp3) is 0.500. The topological polar surface area (TPSA) is 57.9 Å². The number of benzene rings is 2. The van der Waals surface area contributed by atoms with E-state index in [0.717, 1.165) is 59.6 Å². The number of likely N-dealkylation sites (tertiary alicyclic amines) is 1. The second-order valence-corrected chi connectivity index (χ2v) is 10.9. The van der Waals surface area contributed by atoms with Crippen molar-refractivity contribution in [2.45, 2.75) is 68.7 Å². The zero-order chi connectivity index (χ0) is 23.9. The summed E-state index contributed by atoms with van der Waals surface area (Å²) in [6.45, 7) is 4.71. The normalized spacial score (nSPS) is 34.5. The SMILES string of the molecule is [3H]c1cc([3H])c2c(c1)c1c(n2CC)[C@@H]2Oc3c(O)ccc4c3[C@@]23CCN(CC2CC2)[C@@H](C4)[C@]3(O)C1. The van der Waals surface area contributed by atoms with Gasteiger partial charge in [-0.2, -0.15) is 0 Å². The number of aryl methyl sites for hydroxylation is 1. The van der Waals surface area contributed by atoms with Gasteiger partial charge in [0, 0.05) is 42.0 Å². The Kier molecular flexibility index (Phi) is 3.06. The summed E-state index contributed by atoms with van der Waals surface area (Å²) < 4.78 is 25.9. The summed E-state index contributed by atoms with van der Waals surface area (Å²) in [5.41, 5.74) is 3.38. The molecule has 1 saturated carbocycles. The summed E-state index contributed by atoms with van der Waals surface area (Å²) in [4.78, 5) is 2.53. The van der Waals surface area contributed by atoms with Crippen molar-refractivity contribution in [3.63, 3.8) is 0 Å². The molecule has 5 nitrogen and oxygen atoms in total. The average molecular weight is 447 g/mol. The van der Waals surface area contributed by atoms with E-state index >= 15 is 0 Å². The molecule has 1 spiro atoms. The van der Waals surface area contributed by atoms with Crippen LogP contribution in [-0.4, -0.2) is 44.4 Å². The van der Waals surface area contributed by atoms with Gasteiger partial charge in [0.2, 0.25) is 0 Å². The lowest BCUT2D eigenvalue weighted by atomic mass is 9.49. The van der Waals surface area contributed by atoms with Crippen molar-refractivity contribution in [2.24, 2.45) is 5.92 Å². The van der Waals surface area contributed by atoms with Crippen LogP contribution in [0.2, 0.25) is 0 Å². The summed E-state index contributed by atoms with van der Waals surface area (Å²) in [7, 11) is 0. The molecular formula is C28H30N2O3. The number of phenolic OH excluding ortho intramolecular Hbond substituents is 1. The number of aliphatic hydroxyl groups is 1. The van der Waals surface area contributed by atoms with Gasteiger partial charge in [0.15, 0.2) is 17.6 Å². The molecule has 0 radical (unpaired) electrons. The zero-order valence-electron chi connectivity index (χ0n) is 20.9. The van der Waals surface area contributed by atoms with E-state index in [1.807, 2.05) is 12.1 Å². The first-order valence-corrected chi connectivity index (χ1v) is 12.5. The molecule has 2 bridgehead atoms. The summed E-state index contributed by atoms with van der Waals surface area (Å²) in [5, 5.41) is 24.7. The van der Waals surface area contributed by atoms with Gasteiger partial charge in [0.05, 0.1) is 19.5 Å². The van der Waals surface area contributed by atoms with Gasteiger partial charge in [-0.15, -0.1) is 0 Å². The molecule has 0 amide bonds. The van der Waals surface area contributed by atoms with E-state index in [1.54, 1.807) is 12.1 Å². The average Bonchev–Trinajstić information content (AvgIpc) is 3.48. The van der Waals surface area contributed by atoms with Crippen LogP contribution < -0.4 is 4.74 Å². The second kappa shape index (κ2) is 5.94. The molecule has 3 aromatic rings. The maximum Gasteiger partial charge on any atom is 0.166 e. The molecule has 2 N–H and O–H groups in total. The quantitative estimate of drug-likeness (QED) is 0.637. The van der Waals surface area contributed by atoms with Crippen LogP contribution in [0.1, 0.15) is 57.4 Å². The summed E-state index contributed by atoms with van der Waals surface area (Å²) >= 11 is 0. The lowest BCUT2D eigenvalue weighted by Gasteiger charge is -2.63. The largest absolute Gasteiger partial charge is 0.504 e. The van der Waals surface area contributed by atoms with E-state index in [1.165, 1.54) is 18.4 Å². The van der Waals surface area contributed by atoms with E-state index in [9.17, 15) is 10.2 Å². The number of hydrogen-bond acceptors (Lipinski definition) is 4. The Balaban J connectivity index is 1.45. The Bertz CT molecular complexity index is 1450. The number of fused-ring (bicyclic) bond motifs is 4. The van der Waals surface area contributed by atoms with E-state index in [4.69, 9.17) is 7.48 Å². The van der Waals surface area contributed by atoms with Gasteiger partial charge in [0.25, 0.3) is 0 Å². The minimum absolute atomic E-state index is 0.0197. The monoisotopic (exact) mass is 446 g/mol. The molecule has 1 aromatic heterocycles. The predicted octanol–water partition coefficient (Wildman–Crippen LogP) is 4.07. The Morgan fingerprint density at radius 3 is 2.97 bits per heavy atom. The van der Waals surface area contributed by atoms with E-state index in [-0.39, 0.29) is 11.8 Å². The number of aromatic nitrogens is 1. The van der Waals surface area contributed by atoms with Crippen LogP contribution in [0.5, 0.6) is 11.5 Å². The third kappa shape index (κ3) is 2.04. The van der Waals surface area contributed by atoms with Crippen molar-refractivity contribution in [1.29, 1.82) is 0 Å². The number of ether oxygens (including phenoxy) is 1. The summed E-state index contributed by atoms with van der Waals surface area (Å²) in [6, 6.07) is 7.88. The summed E-state index contributed by atoms with van der Waals surface area (Å²) in [5.74, 6) is 1.41. The van der Waals surface area contributed by atoms with Crippen molar-refractivity contribution in [2.75, 3.05) is 13.1 Å². The Morgan fingerprint density at radius 2 is 2.15 bits per heavy atom. The fourth-order valence-electron chi connectivity index (χ4n) is 7.99. The van der Waals surface area contributed by atoms with Crippen molar-refractivity contribution in [1.82, 2.24) is 9.47 Å². The van der Waals surface area contributed by atoms with Crippen LogP contribution >= 0.6 is 0 Å². The smallest absolute Gasteiger partial charge is 0.166 e. The molecule has 8 rings (SSSR count). The first kappa shape index (κ1) is 17.0. The number of rotatable bonds is 3. The van der Waals surface area contributed by atoms with Gasteiger partial charge in [0.1, 0.15) is 0 Å². The van der Waals surface area contributed by atoms with Crippen molar-refractivity contribution in [3.8, 4) is 11.5 Å². The Morgan fingerprint density at radius 1 is 1.27 bits per heavy atom. The highest BCUT2D eigenvalue weighted by Gasteiger charge is 2.73. The molecule has 2 aliphatic heterocycles. The van der Waals surface area contributed by atoms with Gasteiger partial charge in [-0.25, -0.2) is 0 Å². The maximum absolute atomic E-state index is 12.9. The molecule has 0 unspecified atom stereocenters. The van der Waals surface area contributed by atoms with Gasteiger partial charge in [-0.05, 0) is 68.3 Å². The van der Waals surface area contributed by atoms with Crippen molar-refractivity contribution < 1.29 is 17.7 Å². The highest BCUT2D eigenvalue weighted by molar-refractivity contribution is 5.87. The van der Waals surface area contributed by atoms with Gasteiger partial charge in [-0.3, -0.25) is 4.90 Å². The number of nitrogens with zero attached hydrogens (tertiary/aromatic N) is 2. The molecule has 2 fully saturated rings. The second-order valence-electron chi connectivity index (χ2n) is 10.9. The Labute approximate surface area is 196 Å². The highest BCUT2D eigenvalue weighted by atomic mass is 16.5. The fourth-order valence-corrected chi connectivity index (χ4v) is 7.99. The Hall–Kier alpha value is -2.50. The molecule has 3 aliphatic carbocycles. The van der Waals surface area contributed by atoms with Crippen LogP contribution in [0.25, 0.3) is 10.9 Å². The van der Waals surface area contributed by atoms with E-state index in [2.05, 4.69) is 16.4 Å². The third-order valence-corrected chi connectivity index (χ3v) is 9.49. The molecular weight excluding hydrogens is 412 g/mol. The lowest BCUT2D eigenvalue weighted by molar-refractivity contribution is -0.173. The van der Waals surface area contributed by atoms with E-state index < -0.39 is 17.1 Å². The number of para-hydroxylation sites is 1. The molecule has 5 heteroatoms. The molecule has 4 atom stereocenters. The molecule has 170 valence electrons. The molecule has 33 heavy (non-hydrogen) atoms. The molecule has 5 aliphatic rings. The lowest BCUT2D eigenvalue weighted by Crippen LogP contribution is -2.74. The predicted molar refractivity (Wildman–Crippen MR) is 126 cm³/mol. The highest BCUT2D eigenvalue weighted by Crippen LogP contribution is 2.69. The standard InChI is InChI=1S/C28H30N2O3/c1-2-30-20-6-4-3-5-18(20)19-14-28(32)22-13-17-9-10-21(31)25-23(17)27(28,26(33-25)24(19)30)11-12-29(22)15-16-7-8-16/h3-6,9-10,16,22,26,31-32H,2,7-8,11-15H2,1H3/t22-,26-,27-,28+/m0/s1/i3T,6T. The van der Waals surface area contributed by atoms with Crippen LogP contribution in [0, 0.1) is 5.92 Å². The minimum Gasteiger partial charge on any atom is -0.504 e. The van der Waals surface area contributed by atoms with Crippen LogP contribution in [-0.2, 0) is 24.8 Å². The number of piperidine rings is 1. The van der Waals surface area contributed by atoms with Crippen LogP contribution in [0.15, 0.2) is 36.4 Å². The van der Waals surface area contributed by atoms with Gasteiger partial charge in [-0.1, -0.05) is 24.2 Å². The number of hydrogen-bond donors (Lipinski definition) is 2.